The number of para-hydroxylation sites is 1. The molecule has 1 aliphatic heterocycles. The number of nitrogens with zero attached hydrogens (tertiary/aromatic N) is 2. The van der Waals surface area contributed by atoms with Gasteiger partial charge in [-0.05, 0) is 42.2 Å². The minimum atomic E-state index is -0.359. The molecule has 0 unspecified atom stereocenters. The first kappa shape index (κ1) is 18.9. The van der Waals surface area contributed by atoms with Crippen molar-refractivity contribution in [3.8, 4) is 6.07 Å². The molecule has 1 aromatic heterocycles. The average Bonchev–Trinajstić information content (AvgIpc) is 3.16. The van der Waals surface area contributed by atoms with Crippen molar-refractivity contribution in [3.63, 3.8) is 0 Å². The lowest BCUT2D eigenvalue weighted by Gasteiger charge is -2.39. The van der Waals surface area contributed by atoms with E-state index < -0.39 is 0 Å². The molecule has 0 spiro atoms. The Morgan fingerprint density at radius 2 is 2.07 bits per heavy atom. The monoisotopic (exact) mass is 407 g/mol. The molecule has 2 N–H and O–H groups in total. The van der Waals surface area contributed by atoms with E-state index in [0.717, 1.165) is 45.3 Å². The molecule has 1 atom stereocenters. The van der Waals surface area contributed by atoms with E-state index in [1.807, 2.05) is 40.6 Å². The van der Waals surface area contributed by atoms with Crippen molar-refractivity contribution in [2.24, 2.45) is 5.73 Å². The van der Waals surface area contributed by atoms with Crippen LogP contribution in [-0.2, 0) is 4.79 Å². The van der Waals surface area contributed by atoms with Crippen LogP contribution < -0.4 is 10.6 Å². The molecular weight excluding hydrogens is 386 g/mol. The quantitative estimate of drug-likeness (QED) is 0.709. The highest BCUT2D eigenvalue weighted by Gasteiger charge is 2.41. The van der Waals surface area contributed by atoms with Crippen LogP contribution in [0.25, 0.3) is 0 Å². The zero-order valence-corrected chi connectivity index (χ0v) is 17.3. The van der Waals surface area contributed by atoms with Crippen LogP contribution in [0.4, 0.5) is 5.69 Å². The van der Waals surface area contributed by atoms with E-state index in [1.165, 1.54) is 0 Å². The van der Waals surface area contributed by atoms with E-state index in [1.54, 1.807) is 23.1 Å². The topological polar surface area (TPSA) is 70.1 Å². The summed E-state index contributed by atoms with van der Waals surface area (Å²) >= 11 is 3.35. The zero-order valence-electron chi connectivity index (χ0n) is 15.6. The highest BCUT2D eigenvalue weighted by molar-refractivity contribution is 7.99. The molecule has 6 heteroatoms. The number of nitrogens with two attached hydrogens (primary N) is 1. The molecule has 1 aliphatic carbocycles. The van der Waals surface area contributed by atoms with Gasteiger partial charge in [-0.3, -0.25) is 9.69 Å². The first-order chi connectivity index (χ1) is 13.7. The highest BCUT2D eigenvalue weighted by atomic mass is 32.2. The minimum Gasteiger partial charge on any atom is -0.384 e. The SMILES string of the molecule is CCSc1ccsc1[C@H]1C(C#N)=C(N)N(c2ccccc2)C2=C1C(=O)CCC2. The highest BCUT2D eigenvalue weighted by Crippen LogP contribution is 2.49. The normalized spacial score (nSPS) is 19.6. The molecule has 0 radical (unpaired) electrons. The van der Waals surface area contributed by atoms with Crippen molar-refractivity contribution < 1.29 is 4.79 Å². The van der Waals surface area contributed by atoms with E-state index in [-0.39, 0.29) is 11.7 Å². The minimum absolute atomic E-state index is 0.133. The molecule has 2 aromatic rings. The van der Waals surface area contributed by atoms with E-state index >= 15 is 0 Å². The molecule has 0 bridgehead atoms. The maximum absolute atomic E-state index is 13.1. The van der Waals surface area contributed by atoms with Crippen LogP contribution >= 0.6 is 23.1 Å². The Kier molecular flexibility index (Phi) is 5.29. The number of carbonyl (C=O) groups is 1. The summed E-state index contributed by atoms with van der Waals surface area (Å²) in [6.07, 6.45) is 2.12. The number of ketones is 1. The largest absolute Gasteiger partial charge is 0.384 e. The van der Waals surface area contributed by atoms with Gasteiger partial charge < -0.3 is 5.73 Å². The van der Waals surface area contributed by atoms with Gasteiger partial charge in [0.2, 0.25) is 0 Å². The second-order valence-electron chi connectivity index (χ2n) is 6.73. The second-order valence-corrected chi connectivity index (χ2v) is 8.99. The van der Waals surface area contributed by atoms with Gasteiger partial charge in [-0.15, -0.1) is 23.1 Å². The lowest BCUT2D eigenvalue weighted by Crippen LogP contribution is -2.38. The summed E-state index contributed by atoms with van der Waals surface area (Å²) in [6.45, 7) is 2.11. The van der Waals surface area contributed by atoms with Gasteiger partial charge in [-0.1, -0.05) is 25.1 Å². The van der Waals surface area contributed by atoms with Gasteiger partial charge in [0.15, 0.2) is 5.78 Å². The van der Waals surface area contributed by atoms with Gasteiger partial charge in [0.25, 0.3) is 0 Å². The maximum atomic E-state index is 13.1. The number of benzene rings is 1. The summed E-state index contributed by atoms with van der Waals surface area (Å²) in [5.74, 6) is 1.15. The summed E-state index contributed by atoms with van der Waals surface area (Å²) in [5, 5.41) is 12.1. The van der Waals surface area contributed by atoms with Crippen molar-refractivity contribution in [1.82, 2.24) is 0 Å². The molecule has 2 aliphatic rings. The molecule has 0 saturated heterocycles. The third kappa shape index (κ3) is 3.05. The van der Waals surface area contributed by atoms with Crippen LogP contribution in [0.2, 0.25) is 0 Å². The van der Waals surface area contributed by atoms with Crippen LogP contribution in [0.1, 0.15) is 37.0 Å². The third-order valence-electron chi connectivity index (χ3n) is 5.15. The lowest BCUT2D eigenvalue weighted by molar-refractivity contribution is -0.116. The predicted molar refractivity (Wildman–Crippen MR) is 115 cm³/mol. The van der Waals surface area contributed by atoms with Gasteiger partial charge in [0, 0.05) is 33.2 Å². The third-order valence-corrected chi connectivity index (χ3v) is 7.21. The predicted octanol–water partition coefficient (Wildman–Crippen LogP) is 5.16. The molecule has 0 saturated carbocycles. The molecule has 142 valence electrons. The van der Waals surface area contributed by atoms with Crippen LogP contribution in [0.3, 0.4) is 0 Å². The fraction of sp³-hybridized carbons (Fsp3) is 0.273. The number of rotatable bonds is 4. The number of hydrogen-bond donors (Lipinski definition) is 1. The van der Waals surface area contributed by atoms with Crippen LogP contribution in [0.15, 0.2) is 69.3 Å². The van der Waals surface area contributed by atoms with Gasteiger partial charge in [0.05, 0.1) is 17.6 Å². The number of Topliss-reactive ketones (excluding diaryl/α,β-unsaturated/α-hetero) is 1. The standard InChI is InChI=1S/C22H21N3OS2/c1-2-27-18-11-12-28-21(18)19-15(13-23)22(24)25(14-7-4-3-5-8-14)16-9-6-10-17(26)20(16)19/h3-5,7-8,11-12,19H,2,6,9-10,24H2,1H3/t19-/m0/s1. The van der Waals surface area contributed by atoms with Crippen LogP contribution in [-0.4, -0.2) is 11.5 Å². The summed E-state index contributed by atoms with van der Waals surface area (Å²) < 4.78 is 0. The second kappa shape index (κ2) is 7.86. The van der Waals surface area contributed by atoms with Crippen LogP contribution in [0, 0.1) is 11.3 Å². The van der Waals surface area contributed by atoms with E-state index in [0.29, 0.717) is 17.8 Å². The van der Waals surface area contributed by atoms with E-state index in [9.17, 15) is 10.1 Å². The van der Waals surface area contributed by atoms with Crippen LogP contribution in [0.5, 0.6) is 0 Å². The van der Waals surface area contributed by atoms with E-state index in [2.05, 4.69) is 19.1 Å². The number of thioether (sulfide) groups is 1. The summed E-state index contributed by atoms with van der Waals surface area (Å²) in [7, 11) is 0. The molecule has 4 rings (SSSR count). The first-order valence-electron chi connectivity index (χ1n) is 9.38. The number of nitriles is 1. The Morgan fingerprint density at radius 1 is 1.29 bits per heavy atom. The van der Waals surface area contributed by atoms with E-state index in [4.69, 9.17) is 5.73 Å². The zero-order chi connectivity index (χ0) is 19.7. The maximum Gasteiger partial charge on any atom is 0.161 e. The summed E-state index contributed by atoms with van der Waals surface area (Å²) in [5.41, 5.74) is 9.64. The molecule has 28 heavy (non-hydrogen) atoms. The number of anilines is 1. The smallest absolute Gasteiger partial charge is 0.161 e. The molecule has 0 amide bonds. The molecule has 4 nitrogen and oxygen atoms in total. The molecule has 0 fully saturated rings. The van der Waals surface area contributed by atoms with Crippen molar-refractivity contribution in [2.75, 3.05) is 10.7 Å². The first-order valence-corrected chi connectivity index (χ1v) is 11.2. The number of allylic oxidation sites excluding steroid dienone is 3. The number of carbonyl (C=O) groups excluding carboxylic acids is 1. The summed E-state index contributed by atoms with van der Waals surface area (Å²) in [6, 6.07) is 14.2. The van der Waals surface area contributed by atoms with Gasteiger partial charge in [-0.25, -0.2) is 0 Å². The fourth-order valence-corrected chi connectivity index (χ4v) is 6.06. The number of hydrogen-bond acceptors (Lipinski definition) is 6. The lowest BCUT2D eigenvalue weighted by atomic mass is 9.78. The van der Waals surface area contributed by atoms with Gasteiger partial charge in [0.1, 0.15) is 5.82 Å². The Labute approximate surface area is 173 Å². The van der Waals surface area contributed by atoms with Crippen molar-refractivity contribution in [3.05, 3.63) is 69.3 Å². The van der Waals surface area contributed by atoms with Gasteiger partial charge >= 0.3 is 0 Å². The van der Waals surface area contributed by atoms with Crippen molar-refractivity contribution in [1.29, 1.82) is 5.26 Å². The molecule has 1 aromatic carbocycles. The average molecular weight is 408 g/mol. The molecular formula is C22H21N3OS2. The molecule has 2 heterocycles. The fourth-order valence-electron chi connectivity index (χ4n) is 4.01. The Balaban J connectivity index is 1.96. The summed E-state index contributed by atoms with van der Waals surface area (Å²) in [4.78, 5) is 17.2. The Hall–Kier alpha value is -2.49. The van der Waals surface area contributed by atoms with Gasteiger partial charge in [-0.2, -0.15) is 5.26 Å². The van der Waals surface area contributed by atoms with Crippen molar-refractivity contribution in [2.45, 2.75) is 37.0 Å². The number of thiophene rings is 1. The van der Waals surface area contributed by atoms with Crippen molar-refractivity contribution >= 4 is 34.6 Å². The Morgan fingerprint density at radius 3 is 2.79 bits per heavy atom. The Bertz CT molecular complexity index is 1010.